The molecule has 2 aromatic carbocycles. The molecule has 2 N–H and O–H groups in total. The summed E-state index contributed by atoms with van der Waals surface area (Å²) in [4.78, 5) is 23.7. The predicted octanol–water partition coefficient (Wildman–Crippen LogP) is 2.71. The Hall–Kier alpha value is -2.66. The SMILES string of the molecule is CO[C@@]12c3ccccc3-c3ccccc3[C@H]1[C@H](C(=O)O)[C@@H]2C(=O)O. The van der Waals surface area contributed by atoms with Gasteiger partial charge in [0.15, 0.2) is 0 Å². The van der Waals surface area contributed by atoms with Gasteiger partial charge in [0.05, 0.1) is 5.92 Å². The van der Waals surface area contributed by atoms with Crippen LogP contribution in [0.15, 0.2) is 48.5 Å². The summed E-state index contributed by atoms with van der Waals surface area (Å²) in [7, 11) is 1.46. The second-order valence-corrected chi connectivity index (χ2v) is 6.29. The van der Waals surface area contributed by atoms with E-state index in [2.05, 4.69) is 0 Å². The van der Waals surface area contributed by atoms with Crippen LogP contribution >= 0.6 is 0 Å². The van der Waals surface area contributed by atoms with Gasteiger partial charge in [-0.2, -0.15) is 0 Å². The van der Waals surface area contributed by atoms with Gasteiger partial charge in [0.1, 0.15) is 11.5 Å². The number of carboxylic acids is 2. The topological polar surface area (TPSA) is 83.8 Å². The lowest BCUT2D eigenvalue weighted by molar-refractivity contribution is -0.217. The van der Waals surface area contributed by atoms with Gasteiger partial charge >= 0.3 is 11.9 Å². The molecule has 2 aromatic rings. The van der Waals surface area contributed by atoms with Crippen LogP contribution in [0.2, 0.25) is 0 Å². The molecule has 4 atom stereocenters. The highest BCUT2D eigenvalue weighted by Gasteiger charge is 2.71. The quantitative estimate of drug-likeness (QED) is 0.907. The monoisotopic (exact) mass is 324 g/mol. The van der Waals surface area contributed by atoms with E-state index in [1.54, 1.807) is 0 Å². The number of hydrogen-bond acceptors (Lipinski definition) is 3. The van der Waals surface area contributed by atoms with E-state index in [4.69, 9.17) is 4.74 Å². The van der Waals surface area contributed by atoms with Crippen molar-refractivity contribution >= 4 is 11.9 Å². The molecule has 0 radical (unpaired) electrons. The third-order valence-corrected chi connectivity index (χ3v) is 5.47. The molecule has 0 bridgehead atoms. The number of fused-ring (bicyclic) bond motifs is 6. The highest BCUT2D eigenvalue weighted by molar-refractivity contribution is 5.90. The summed E-state index contributed by atoms with van der Waals surface area (Å²) in [6.45, 7) is 0. The van der Waals surface area contributed by atoms with Gasteiger partial charge in [0.25, 0.3) is 0 Å². The van der Waals surface area contributed by atoms with Crippen LogP contribution < -0.4 is 0 Å². The van der Waals surface area contributed by atoms with Crippen LogP contribution in [0.3, 0.4) is 0 Å². The van der Waals surface area contributed by atoms with Crippen LogP contribution in [0, 0.1) is 11.8 Å². The molecule has 5 nitrogen and oxygen atoms in total. The maximum Gasteiger partial charge on any atom is 0.310 e. The van der Waals surface area contributed by atoms with Gasteiger partial charge in [-0.05, 0) is 22.3 Å². The molecule has 0 aromatic heterocycles. The summed E-state index contributed by atoms with van der Waals surface area (Å²) >= 11 is 0. The molecule has 0 unspecified atom stereocenters. The van der Waals surface area contributed by atoms with E-state index in [1.165, 1.54) is 7.11 Å². The van der Waals surface area contributed by atoms with Gasteiger partial charge in [-0.15, -0.1) is 0 Å². The minimum absolute atomic E-state index is 0.521. The molecule has 1 fully saturated rings. The molecular formula is C19H16O5. The molecule has 122 valence electrons. The summed E-state index contributed by atoms with van der Waals surface area (Å²) in [5, 5.41) is 19.4. The number of ether oxygens (including phenoxy) is 1. The van der Waals surface area contributed by atoms with Gasteiger partial charge < -0.3 is 14.9 Å². The second kappa shape index (κ2) is 4.92. The third-order valence-electron chi connectivity index (χ3n) is 5.47. The smallest absolute Gasteiger partial charge is 0.310 e. The van der Waals surface area contributed by atoms with E-state index in [9.17, 15) is 19.8 Å². The Morgan fingerprint density at radius 1 is 0.958 bits per heavy atom. The lowest BCUT2D eigenvalue weighted by Gasteiger charge is -2.59. The van der Waals surface area contributed by atoms with E-state index >= 15 is 0 Å². The van der Waals surface area contributed by atoms with Crippen LogP contribution in [-0.4, -0.2) is 29.3 Å². The van der Waals surface area contributed by atoms with Crippen molar-refractivity contribution in [1.29, 1.82) is 0 Å². The van der Waals surface area contributed by atoms with Crippen molar-refractivity contribution < 1.29 is 24.5 Å². The molecule has 0 saturated heterocycles. The number of hydrogen-bond donors (Lipinski definition) is 2. The van der Waals surface area contributed by atoms with Crippen LogP contribution in [0.4, 0.5) is 0 Å². The molecule has 2 aliphatic carbocycles. The fourth-order valence-electron chi connectivity index (χ4n) is 4.62. The normalized spacial score (nSPS) is 29.6. The standard InChI is InChI=1S/C19H16O5/c1-24-19-13-9-5-4-7-11(13)10-6-2-3-8-12(10)15(19)14(17(20)21)16(19)18(22)23/h2-9,14-16H,1H3,(H,20,21)(H,22,23)/t14-,15-,16+,19-/m0/s1. The first kappa shape index (κ1) is 14.9. The number of aliphatic carboxylic acids is 2. The van der Waals surface area contributed by atoms with E-state index in [-0.39, 0.29) is 0 Å². The Balaban J connectivity index is 2.06. The van der Waals surface area contributed by atoms with Crippen LogP contribution in [0.25, 0.3) is 11.1 Å². The molecule has 0 aliphatic heterocycles. The fraction of sp³-hybridized carbons (Fsp3) is 0.263. The Morgan fingerprint density at radius 3 is 2.21 bits per heavy atom. The van der Waals surface area contributed by atoms with Gasteiger partial charge in [-0.3, -0.25) is 9.59 Å². The molecule has 1 saturated carbocycles. The first-order valence-corrected chi connectivity index (χ1v) is 7.73. The molecule has 0 amide bonds. The van der Waals surface area contributed by atoms with E-state index < -0.39 is 35.3 Å². The molecule has 0 heterocycles. The number of benzene rings is 2. The van der Waals surface area contributed by atoms with Crippen molar-refractivity contribution in [3.63, 3.8) is 0 Å². The molecule has 24 heavy (non-hydrogen) atoms. The Morgan fingerprint density at radius 2 is 1.58 bits per heavy atom. The zero-order valence-electron chi connectivity index (χ0n) is 13.0. The summed E-state index contributed by atoms with van der Waals surface area (Å²) in [6.07, 6.45) is 0. The lowest BCUT2D eigenvalue weighted by Crippen LogP contribution is -2.65. The maximum absolute atomic E-state index is 11.9. The van der Waals surface area contributed by atoms with Gasteiger partial charge in [0, 0.05) is 13.0 Å². The Labute approximate surface area is 138 Å². The van der Waals surface area contributed by atoms with Gasteiger partial charge in [0.2, 0.25) is 0 Å². The van der Waals surface area contributed by atoms with Crippen molar-refractivity contribution in [1.82, 2.24) is 0 Å². The maximum atomic E-state index is 11.9. The minimum atomic E-state index is -1.15. The van der Waals surface area contributed by atoms with E-state index in [0.717, 1.165) is 22.3 Å². The molecule has 4 rings (SSSR count). The Bertz CT molecular complexity index is 858. The highest BCUT2D eigenvalue weighted by atomic mass is 16.5. The zero-order valence-corrected chi connectivity index (χ0v) is 13.0. The van der Waals surface area contributed by atoms with Crippen molar-refractivity contribution in [2.24, 2.45) is 11.8 Å². The number of carboxylic acid groups (broad SMARTS) is 2. The van der Waals surface area contributed by atoms with Crippen LogP contribution in [-0.2, 0) is 19.9 Å². The van der Waals surface area contributed by atoms with Crippen molar-refractivity contribution in [3.8, 4) is 11.1 Å². The number of methoxy groups -OCH3 is 1. The van der Waals surface area contributed by atoms with Crippen LogP contribution in [0.1, 0.15) is 17.0 Å². The molecular weight excluding hydrogens is 308 g/mol. The highest BCUT2D eigenvalue weighted by Crippen LogP contribution is 2.67. The third kappa shape index (κ3) is 1.57. The van der Waals surface area contributed by atoms with E-state index in [0.29, 0.717) is 0 Å². The first-order valence-electron chi connectivity index (χ1n) is 7.73. The molecule has 0 spiro atoms. The van der Waals surface area contributed by atoms with Crippen molar-refractivity contribution in [2.75, 3.05) is 7.11 Å². The Kier molecular flexibility index (Phi) is 3.05. The molecule has 5 heteroatoms. The first-order chi connectivity index (χ1) is 11.5. The van der Waals surface area contributed by atoms with Crippen molar-refractivity contribution in [3.05, 3.63) is 59.7 Å². The average molecular weight is 324 g/mol. The predicted molar refractivity (Wildman–Crippen MR) is 85.6 cm³/mol. The average Bonchev–Trinajstić information content (AvgIpc) is 2.54. The summed E-state index contributed by atoms with van der Waals surface area (Å²) in [6, 6.07) is 15.1. The lowest BCUT2D eigenvalue weighted by atomic mass is 9.46. The van der Waals surface area contributed by atoms with Crippen LogP contribution in [0.5, 0.6) is 0 Å². The minimum Gasteiger partial charge on any atom is -0.481 e. The van der Waals surface area contributed by atoms with Gasteiger partial charge in [-0.1, -0.05) is 48.5 Å². The summed E-state index contributed by atoms with van der Waals surface area (Å²) in [5.41, 5.74) is 2.28. The molecule has 2 aliphatic rings. The number of rotatable bonds is 3. The second-order valence-electron chi connectivity index (χ2n) is 6.29. The van der Waals surface area contributed by atoms with Gasteiger partial charge in [-0.25, -0.2) is 0 Å². The summed E-state index contributed by atoms with van der Waals surface area (Å²) < 4.78 is 5.77. The largest absolute Gasteiger partial charge is 0.481 e. The zero-order chi connectivity index (χ0) is 17.1. The van der Waals surface area contributed by atoms with Crippen molar-refractivity contribution in [2.45, 2.75) is 11.5 Å². The summed E-state index contributed by atoms with van der Waals surface area (Å²) in [5.74, 6) is -4.91. The number of carbonyl (C=O) groups is 2. The fourth-order valence-corrected chi connectivity index (χ4v) is 4.62. The van der Waals surface area contributed by atoms with E-state index in [1.807, 2.05) is 48.5 Å².